The van der Waals surface area contributed by atoms with Crippen molar-refractivity contribution in [3.05, 3.63) is 42.2 Å². The summed E-state index contributed by atoms with van der Waals surface area (Å²) >= 11 is 0. The van der Waals surface area contributed by atoms with E-state index in [1.165, 1.54) is 0 Å². The lowest BCUT2D eigenvalue weighted by molar-refractivity contribution is -0.130. The molecule has 1 aliphatic heterocycles. The monoisotopic (exact) mass is 469 g/mol. The average Bonchev–Trinajstić information content (AvgIpc) is 3.22. The Balaban J connectivity index is 1.28. The van der Waals surface area contributed by atoms with E-state index in [9.17, 15) is 18.0 Å². The van der Waals surface area contributed by atoms with Gasteiger partial charge >= 0.3 is 0 Å². The van der Waals surface area contributed by atoms with Crippen molar-refractivity contribution in [1.82, 2.24) is 4.90 Å². The minimum atomic E-state index is -2.85. The predicted molar refractivity (Wildman–Crippen MR) is 126 cm³/mol. The first-order valence-corrected chi connectivity index (χ1v) is 13.3. The molecule has 1 atom stereocenters. The summed E-state index contributed by atoms with van der Waals surface area (Å²) in [4.78, 5) is 26.3. The smallest absolute Gasteiger partial charge is 0.152 e. The van der Waals surface area contributed by atoms with Crippen molar-refractivity contribution in [2.45, 2.75) is 31.6 Å². The molecule has 1 unspecified atom stereocenters. The summed E-state index contributed by atoms with van der Waals surface area (Å²) in [6, 6.07) is 9.81. The summed E-state index contributed by atoms with van der Waals surface area (Å²) in [5.74, 6) is 0.943. The first-order valence-electron chi connectivity index (χ1n) is 11.4. The zero-order valence-corrected chi connectivity index (χ0v) is 19.2. The van der Waals surface area contributed by atoms with E-state index in [2.05, 4.69) is 4.90 Å². The highest BCUT2D eigenvalue weighted by molar-refractivity contribution is 7.91. The molecule has 5 rings (SSSR count). The Morgan fingerprint density at radius 2 is 1.91 bits per heavy atom. The number of sulfone groups is 1. The van der Waals surface area contributed by atoms with Crippen LogP contribution in [-0.2, 0) is 19.4 Å². The molecule has 0 N–H and O–H groups in total. The lowest BCUT2D eigenvalue weighted by atomic mass is 9.81. The van der Waals surface area contributed by atoms with Gasteiger partial charge in [0.25, 0.3) is 0 Å². The average molecular weight is 470 g/mol. The van der Waals surface area contributed by atoms with Crippen molar-refractivity contribution in [2.75, 3.05) is 37.7 Å². The third-order valence-electron chi connectivity index (χ3n) is 6.73. The maximum Gasteiger partial charge on any atom is 0.152 e. The molecule has 3 aromatic rings. The summed E-state index contributed by atoms with van der Waals surface area (Å²) in [5, 5.41) is 2.94. The fraction of sp³-hybridized carbons (Fsp3) is 0.440. The van der Waals surface area contributed by atoms with Crippen LogP contribution in [0.25, 0.3) is 21.7 Å². The fourth-order valence-corrected chi connectivity index (χ4v) is 6.15. The van der Waals surface area contributed by atoms with Gasteiger partial charge in [-0.2, -0.15) is 0 Å². The molecule has 0 bridgehead atoms. The second kappa shape index (κ2) is 8.91. The number of ether oxygens (including phenoxy) is 1. The van der Waals surface area contributed by atoms with E-state index in [1.807, 2.05) is 30.3 Å². The molecule has 2 heterocycles. The van der Waals surface area contributed by atoms with Crippen molar-refractivity contribution >= 4 is 43.1 Å². The van der Waals surface area contributed by atoms with Crippen LogP contribution in [0.15, 0.2) is 41.0 Å². The summed E-state index contributed by atoms with van der Waals surface area (Å²) < 4.78 is 34.8. The molecule has 0 radical (unpaired) electrons. The van der Waals surface area contributed by atoms with Gasteiger partial charge in [0.05, 0.1) is 30.8 Å². The topological polar surface area (TPSA) is 93.9 Å². The minimum absolute atomic E-state index is 0.00728. The van der Waals surface area contributed by atoms with Gasteiger partial charge in [-0.25, -0.2) is 8.42 Å². The van der Waals surface area contributed by atoms with Crippen molar-refractivity contribution < 1.29 is 27.2 Å². The van der Waals surface area contributed by atoms with Gasteiger partial charge < -0.3 is 14.1 Å². The van der Waals surface area contributed by atoms with Gasteiger partial charge in [-0.1, -0.05) is 6.07 Å². The third-order valence-corrected chi connectivity index (χ3v) is 8.34. The van der Waals surface area contributed by atoms with Crippen LogP contribution in [-0.4, -0.2) is 62.6 Å². The Labute approximate surface area is 192 Å². The van der Waals surface area contributed by atoms with Crippen molar-refractivity contribution in [2.24, 2.45) is 0 Å². The number of ketones is 2. The Morgan fingerprint density at radius 1 is 1.09 bits per heavy atom. The number of carbonyl (C=O) groups is 2. The van der Waals surface area contributed by atoms with Gasteiger partial charge in [0, 0.05) is 42.9 Å². The van der Waals surface area contributed by atoms with Gasteiger partial charge in [-0.15, -0.1) is 0 Å². The molecule has 8 heteroatoms. The van der Waals surface area contributed by atoms with Crippen LogP contribution in [0.2, 0.25) is 0 Å². The fourth-order valence-electron chi connectivity index (χ4n) is 4.87. The lowest BCUT2D eigenvalue weighted by Gasteiger charge is -2.26. The molecule has 174 valence electrons. The molecule has 7 nitrogen and oxygen atoms in total. The maximum absolute atomic E-state index is 12.5. The van der Waals surface area contributed by atoms with Gasteiger partial charge in [-0.3, -0.25) is 9.59 Å². The van der Waals surface area contributed by atoms with Crippen LogP contribution in [0.4, 0.5) is 0 Å². The Hall–Kier alpha value is -2.71. The maximum atomic E-state index is 12.5. The van der Waals surface area contributed by atoms with Crippen LogP contribution in [0.5, 0.6) is 5.75 Å². The van der Waals surface area contributed by atoms with E-state index in [1.54, 1.807) is 6.26 Å². The predicted octanol–water partition coefficient (Wildman–Crippen LogP) is 3.49. The number of benzene rings is 2. The molecule has 2 fully saturated rings. The van der Waals surface area contributed by atoms with Crippen molar-refractivity contribution in [3.8, 4) is 5.75 Å². The van der Waals surface area contributed by atoms with Gasteiger partial charge in [-0.05, 0) is 47.9 Å². The Morgan fingerprint density at radius 3 is 2.70 bits per heavy atom. The molecule has 2 aromatic carbocycles. The molecular formula is C25H27NO6S. The van der Waals surface area contributed by atoms with Crippen molar-refractivity contribution in [3.63, 3.8) is 0 Å². The normalized spacial score (nSPS) is 21.6. The highest BCUT2D eigenvalue weighted by atomic mass is 32.2. The molecule has 1 aromatic heterocycles. The van der Waals surface area contributed by atoms with E-state index in [0.29, 0.717) is 32.5 Å². The number of carbonyl (C=O) groups excluding carboxylic acids is 2. The number of fused-ring (bicyclic) bond motifs is 3. The van der Waals surface area contributed by atoms with Crippen LogP contribution in [0.3, 0.4) is 0 Å². The zero-order valence-electron chi connectivity index (χ0n) is 18.4. The quantitative estimate of drug-likeness (QED) is 0.403. The number of furan rings is 1. The standard InChI is InChI=1S/C25H27NO6S/c27-18-3-5-21(23(28)15-18)22-16-32-24-7-2-17-14-19(4-6-20(17)25(22)24)31-11-1-8-26-9-12-33(29,30)13-10-26/h2,4,6-7,14,16,21H,1,3,5,8-13,15H2. The summed E-state index contributed by atoms with van der Waals surface area (Å²) in [6.07, 6.45) is 3.46. The third kappa shape index (κ3) is 4.68. The summed E-state index contributed by atoms with van der Waals surface area (Å²) in [7, 11) is -2.85. The molecule has 1 saturated carbocycles. The number of hydrogen-bond acceptors (Lipinski definition) is 7. The van der Waals surface area contributed by atoms with E-state index in [4.69, 9.17) is 9.15 Å². The molecule has 33 heavy (non-hydrogen) atoms. The second-order valence-electron chi connectivity index (χ2n) is 8.98. The largest absolute Gasteiger partial charge is 0.494 e. The van der Waals surface area contributed by atoms with Gasteiger partial charge in [0.1, 0.15) is 22.9 Å². The highest BCUT2D eigenvalue weighted by Crippen LogP contribution is 2.38. The molecule has 0 spiro atoms. The molecule has 1 saturated heterocycles. The van der Waals surface area contributed by atoms with E-state index < -0.39 is 9.84 Å². The van der Waals surface area contributed by atoms with Crippen LogP contribution in [0, 0.1) is 0 Å². The molecule has 1 aliphatic carbocycles. The second-order valence-corrected chi connectivity index (χ2v) is 11.3. The van der Waals surface area contributed by atoms with Gasteiger partial charge in [0.2, 0.25) is 0 Å². The van der Waals surface area contributed by atoms with Gasteiger partial charge in [0.15, 0.2) is 9.84 Å². The van der Waals surface area contributed by atoms with E-state index >= 15 is 0 Å². The van der Waals surface area contributed by atoms with E-state index in [0.717, 1.165) is 46.0 Å². The molecular weight excluding hydrogens is 442 g/mol. The first kappa shape index (κ1) is 22.1. The van der Waals surface area contributed by atoms with Crippen LogP contribution < -0.4 is 4.74 Å². The number of nitrogens with zero attached hydrogens (tertiary/aromatic N) is 1. The molecule has 0 amide bonds. The first-order chi connectivity index (χ1) is 15.9. The van der Waals surface area contributed by atoms with E-state index in [-0.39, 0.29) is 35.4 Å². The lowest BCUT2D eigenvalue weighted by Crippen LogP contribution is -2.40. The minimum Gasteiger partial charge on any atom is -0.494 e. The summed E-state index contributed by atoms with van der Waals surface area (Å²) in [6.45, 7) is 2.57. The highest BCUT2D eigenvalue weighted by Gasteiger charge is 2.31. The number of rotatable bonds is 6. The summed E-state index contributed by atoms with van der Waals surface area (Å²) in [5.41, 5.74) is 1.60. The zero-order chi connectivity index (χ0) is 23.0. The molecule has 2 aliphatic rings. The SMILES string of the molecule is O=C1CCC(c2coc3ccc4cc(OCCCN5CCS(=O)(=O)CC5)ccc4c23)C(=O)C1. The Bertz CT molecular complexity index is 1310. The Kier molecular flexibility index (Phi) is 5.97. The number of Topliss-reactive ketones (excluding diaryl/α,β-unsaturated/α-hetero) is 2. The van der Waals surface area contributed by atoms with Crippen LogP contribution in [0.1, 0.15) is 37.2 Å². The number of hydrogen-bond donors (Lipinski definition) is 0. The van der Waals surface area contributed by atoms with Crippen LogP contribution >= 0.6 is 0 Å². The van der Waals surface area contributed by atoms with Crippen molar-refractivity contribution in [1.29, 1.82) is 0 Å².